The van der Waals surface area contributed by atoms with Gasteiger partial charge in [0.05, 0.1) is 17.2 Å². The van der Waals surface area contributed by atoms with E-state index in [0.29, 0.717) is 17.6 Å². The van der Waals surface area contributed by atoms with Crippen molar-refractivity contribution in [3.05, 3.63) is 59.9 Å². The average Bonchev–Trinajstić information content (AvgIpc) is 3.09. The molecule has 0 bridgehead atoms. The Labute approximate surface area is 160 Å². The van der Waals surface area contributed by atoms with Crippen molar-refractivity contribution in [1.29, 1.82) is 5.41 Å². The monoisotopic (exact) mass is 405 g/mol. The minimum absolute atomic E-state index is 0.00849. The van der Waals surface area contributed by atoms with Crippen LogP contribution < -0.4 is 15.2 Å². The lowest BCUT2D eigenvalue weighted by Gasteiger charge is -2.06. The van der Waals surface area contributed by atoms with Crippen molar-refractivity contribution in [2.45, 2.75) is 0 Å². The third-order valence-corrected chi connectivity index (χ3v) is 3.32. The quantitative estimate of drug-likeness (QED) is 0.220. The molecule has 0 fully saturated rings. The first-order valence-electron chi connectivity index (χ1n) is 7.72. The van der Waals surface area contributed by atoms with Crippen LogP contribution in [0.2, 0.25) is 0 Å². The zero-order chi connectivity index (χ0) is 20.9. The number of carbonyl (C=O) groups is 1. The van der Waals surface area contributed by atoms with Gasteiger partial charge in [-0.15, -0.1) is 0 Å². The molecule has 9 nitrogen and oxygen atoms in total. The second-order valence-electron chi connectivity index (χ2n) is 5.55. The highest BCUT2D eigenvalue weighted by molar-refractivity contribution is 7.84. The van der Waals surface area contributed by atoms with Gasteiger partial charge in [-0.1, -0.05) is 18.2 Å². The summed E-state index contributed by atoms with van der Waals surface area (Å²) >= 11 is 0. The van der Waals surface area contributed by atoms with Crippen LogP contribution in [0.15, 0.2) is 52.9 Å². The molecule has 0 saturated carbocycles. The van der Waals surface area contributed by atoms with Crippen molar-refractivity contribution >= 4 is 32.7 Å². The number of methoxy groups -OCH3 is 1. The molecule has 0 amide bonds. The number of nitrogens with two attached hydrogens (primary N) is 1. The molecule has 10 heteroatoms. The van der Waals surface area contributed by atoms with Gasteiger partial charge in [-0.2, -0.15) is 0 Å². The van der Waals surface area contributed by atoms with E-state index in [-0.39, 0.29) is 17.5 Å². The largest absolute Gasteiger partial charge is 0.748 e. The van der Waals surface area contributed by atoms with Gasteiger partial charge in [-0.05, 0) is 35.0 Å². The maximum Gasteiger partial charge on any atom is 0.379 e. The van der Waals surface area contributed by atoms with E-state index >= 15 is 0 Å². The van der Waals surface area contributed by atoms with Crippen LogP contribution in [-0.4, -0.2) is 38.1 Å². The molecule has 1 heterocycles. The van der Waals surface area contributed by atoms with Crippen molar-refractivity contribution in [3.8, 4) is 11.7 Å². The third kappa shape index (κ3) is 6.11. The third-order valence-electron chi connectivity index (χ3n) is 3.32. The molecular formula is C18H17N2O7S-. The molecule has 0 saturated heterocycles. The summed E-state index contributed by atoms with van der Waals surface area (Å²) < 4.78 is 42.6. The smallest absolute Gasteiger partial charge is 0.379 e. The molecule has 2 aromatic carbocycles. The van der Waals surface area contributed by atoms with Crippen LogP contribution in [-0.2, 0) is 10.1 Å². The van der Waals surface area contributed by atoms with Crippen LogP contribution in [0, 0.1) is 5.41 Å². The number of nitrogen functional groups attached to an aromatic ring is 1. The molecule has 3 rings (SSSR count). The van der Waals surface area contributed by atoms with E-state index in [2.05, 4.69) is 0 Å². The molecule has 0 aliphatic rings. The second-order valence-corrected chi connectivity index (χ2v) is 6.96. The fourth-order valence-electron chi connectivity index (χ4n) is 2.15. The molecule has 0 spiro atoms. The molecule has 148 valence electrons. The molecule has 0 unspecified atom stereocenters. The predicted octanol–water partition coefficient (Wildman–Crippen LogP) is 2.11. The molecule has 0 aliphatic carbocycles. The topological polar surface area (TPSA) is 156 Å². The zero-order valence-corrected chi connectivity index (χ0v) is 15.8. The summed E-state index contributed by atoms with van der Waals surface area (Å²) in [4.78, 5) is 12.0. The van der Waals surface area contributed by atoms with E-state index in [1.54, 1.807) is 36.4 Å². The van der Waals surface area contributed by atoms with Crippen molar-refractivity contribution in [2.24, 2.45) is 5.73 Å². The molecule has 0 aliphatic heterocycles. The Kier molecular flexibility index (Phi) is 6.39. The summed E-state index contributed by atoms with van der Waals surface area (Å²) in [6.07, 6.45) is 0.604. The average molecular weight is 405 g/mol. The van der Waals surface area contributed by atoms with Crippen molar-refractivity contribution in [3.63, 3.8) is 0 Å². The Morgan fingerprint density at radius 3 is 2.29 bits per heavy atom. The summed E-state index contributed by atoms with van der Waals surface area (Å²) in [5.74, 6) is 0.108. The predicted molar refractivity (Wildman–Crippen MR) is 101 cm³/mol. The van der Waals surface area contributed by atoms with Gasteiger partial charge in [-0.25, -0.2) is 13.2 Å². The highest BCUT2D eigenvalue weighted by Gasteiger charge is 2.14. The maximum absolute atomic E-state index is 12.0. The van der Waals surface area contributed by atoms with Crippen LogP contribution >= 0.6 is 0 Å². The Balaban J connectivity index is 0.000000500. The molecular weight excluding hydrogens is 388 g/mol. The highest BCUT2D eigenvalue weighted by Crippen LogP contribution is 2.23. The normalized spacial score (nSPS) is 10.7. The molecule has 3 N–H and O–H groups in total. The Bertz CT molecular complexity index is 1110. The Morgan fingerprint density at radius 2 is 1.71 bits per heavy atom. The summed E-state index contributed by atoms with van der Waals surface area (Å²) in [6, 6.07) is 13.6. The van der Waals surface area contributed by atoms with Crippen LogP contribution in [0.3, 0.4) is 0 Å². The number of ether oxygens (including phenoxy) is 2. The first kappa shape index (κ1) is 20.9. The standard InChI is InChI=1S/C17H14N2O4.CH4O3S/c1-21-15-7-6-14(23-15)17(20)22-13-5-4-10-8-12(16(18)19)3-2-11(10)9-13;1-5(2,3)4/h2-9H,1H3,(H3,18,19);1H3,(H,2,3,4)/p-1. The lowest BCUT2D eigenvalue weighted by Crippen LogP contribution is -2.10. The van der Waals surface area contributed by atoms with E-state index in [1.807, 2.05) is 6.07 Å². The van der Waals surface area contributed by atoms with Gasteiger partial charge in [-0.3, -0.25) is 5.41 Å². The summed E-state index contributed by atoms with van der Waals surface area (Å²) in [6.45, 7) is 0. The minimum Gasteiger partial charge on any atom is -0.748 e. The maximum atomic E-state index is 12.0. The van der Waals surface area contributed by atoms with Gasteiger partial charge >= 0.3 is 5.97 Å². The van der Waals surface area contributed by atoms with E-state index < -0.39 is 16.1 Å². The van der Waals surface area contributed by atoms with Crippen LogP contribution in [0.4, 0.5) is 0 Å². The number of carbonyl (C=O) groups excluding carboxylic acids is 1. The van der Waals surface area contributed by atoms with Crippen LogP contribution in [0.5, 0.6) is 11.7 Å². The molecule has 1 aromatic heterocycles. The van der Waals surface area contributed by atoms with E-state index in [0.717, 1.165) is 10.8 Å². The fraction of sp³-hybridized carbons (Fsp3) is 0.111. The Morgan fingerprint density at radius 1 is 1.11 bits per heavy atom. The van der Waals surface area contributed by atoms with Crippen molar-refractivity contribution in [2.75, 3.05) is 13.4 Å². The van der Waals surface area contributed by atoms with Gasteiger partial charge in [0.15, 0.2) is 0 Å². The van der Waals surface area contributed by atoms with Gasteiger partial charge < -0.3 is 24.2 Å². The minimum atomic E-state index is -3.92. The zero-order valence-electron chi connectivity index (χ0n) is 15.0. The molecule has 0 radical (unpaired) electrons. The summed E-state index contributed by atoms with van der Waals surface area (Å²) in [7, 11) is -2.47. The number of furan rings is 1. The van der Waals surface area contributed by atoms with E-state index in [1.165, 1.54) is 13.2 Å². The number of nitrogens with one attached hydrogen (secondary N) is 1. The molecule has 3 aromatic rings. The summed E-state index contributed by atoms with van der Waals surface area (Å²) in [5.41, 5.74) is 6.12. The first-order chi connectivity index (χ1) is 13.1. The summed E-state index contributed by atoms with van der Waals surface area (Å²) in [5, 5.41) is 9.22. The van der Waals surface area contributed by atoms with Gasteiger partial charge in [0.25, 0.3) is 5.95 Å². The number of esters is 1. The van der Waals surface area contributed by atoms with Crippen molar-refractivity contribution < 1.29 is 31.7 Å². The number of fused-ring (bicyclic) bond motifs is 1. The van der Waals surface area contributed by atoms with Crippen molar-refractivity contribution in [1.82, 2.24) is 0 Å². The van der Waals surface area contributed by atoms with Crippen LogP contribution in [0.25, 0.3) is 10.8 Å². The molecule has 0 atom stereocenters. The fourth-order valence-corrected chi connectivity index (χ4v) is 2.15. The van der Waals surface area contributed by atoms with Gasteiger partial charge in [0.1, 0.15) is 11.6 Å². The Hall–Kier alpha value is -3.37. The highest BCUT2D eigenvalue weighted by atomic mass is 32.2. The van der Waals surface area contributed by atoms with E-state index in [4.69, 9.17) is 38.0 Å². The lowest BCUT2D eigenvalue weighted by molar-refractivity contribution is 0.0695. The lowest BCUT2D eigenvalue weighted by atomic mass is 10.1. The van der Waals surface area contributed by atoms with E-state index in [9.17, 15) is 4.79 Å². The number of benzene rings is 2. The second kappa shape index (κ2) is 8.55. The number of hydrogen-bond acceptors (Lipinski definition) is 8. The SMILES string of the molecule is COc1ccc(C(=O)Oc2ccc3cc(C(=N)N)ccc3c2)o1.CS(=O)(=O)[O-]. The number of rotatable bonds is 4. The molecule has 28 heavy (non-hydrogen) atoms. The number of hydrogen-bond donors (Lipinski definition) is 2. The van der Waals surface area contributed by atoms with Crippen LogP contribution in [0.1, 0.15) is 16.1 Å². The first-order valence-corrected chi connectivity index (χ1v) is 9.53. The number of amidine groups is 1. The van der Waals surface area contributed by atoms with Gasteiger partial charge in [0, 0.05) is 17.9 Å². The van der Waals surface area contributed by atoms with Gasteiger partial charge in [0.2, 0.25) is 5.76 Å².